The second-order valence-electron chi connectivity index (χ2n) is 5.51. The van der Waals surface area contributed by atoms with Crippen LogP contribution in [0.5, 0.6) is 0 Å². The van der Waals surface area contributed by atoms with E-state index in [1.54, 1.807) is 24.3 Å². The Morgan fingerprint density at radius 1 is 1.20 bits per heavy atom. The number of hydrogen-bond donors (Lipinski definition) is 1. The molecule has 4 rings (SSSR count). The molecule has 0 spiro atoms. The van der Waals surface area contributed by atoms with Gasteiger partial charge in [0, 0.05) is 20.8 Å². The Morgan fingerprint density at radius 2 is 2.04 bits per heavy atom. The summed E-state index contributed by atoms with van der Waals surface area (Å²) in [5.41, 5.74) is 1.05. The minimum atomic E-state index is -0.313. The van der Waals surface area contributed by atoms with Crippen LogP contribution in [0.15, 0.2) is 59.7 Å². The Kier molecular flexibility index (Phi) is 3.99. The minimum absolute atomic E-state index is 0.109. The standard InChI is InChI=1S/C18H12ClN3O2S/c19-11-4-3-5-12(8-11)21-15(23)9-22-10-20-16-13-6-1-2-7-14(13)25-17(16)18(22)24/h1-8,10H,9H2,(H,21,23). The molecule has 0 radical (unpaired) electrons. The number of benzene rings is 2. The summed E-state index contributed by atoms with van der Waals surface area (Å²) in [6.45, 7) is -0.109. The monoisotopic (exact) mass is 369 g/mol. The third-order valence-electron chi connectivity index (χ3n) is 3.77. The van der Waals surface area contributed by atoms with Gasteiger partial charge in [-0.15, -0.1) is 11.3 Å². The van der Waals surface area contributed by atoms with Gasteiger partial charge in [-0.1, -0.05) is 35.9 Å². The molecule has 124 valence electrons. The fraction of sp³-hybridized carbons (Fsp3) is 0.0556. The first-order valence-electron chi connectivity index (χ1n) is 7.54. The van der Waals surface area contributed by atoms with Crippen LogP contribution in [0.25, 0.3) is 20.3 Å². The molecular weight excluding hydrogens is 358 g/mol. The Hall–Kier alpha value is -2.70. The van der Waals surface area contributed by atoms with E-state index in [4.69, 9.17) is 11.6 Å². The lowest BCUT2D eigenvalue weighted by molar-refractivity contribution is -0.116. The Bertz CT molecular complexity index is 1170. The van der Waals surface area contributed by atoms with E-state index in [0.29, 0.717) is 20.9 Å². The van der Waals surface area contributed by atoms with E-state index in [1.165, 1.54) is 22.2 Å². The van der Waals surface area contributed by atoms with Crippen LogP contribution in [0.4, 0.5) is 5.69 Å². The summed E-state index contributed by atoms with van der Waals surface area (Å²) in [4.78, 5) is 29.3. The van der Waals surface area contributed by atoms with Crippen LogP contribution < -0.4 is 10.9 Å². The van der Waals surface area contributed by atoms with Gasteiger partial charge in [-0.3, -0.25) is 14.2 Å². The molecule has 0 aliphatic carbocycles. The predicted octanol–water partition coefficient (Wildman–Crippen LogP) is 3.90. The van der Waals surface area contributed by atoms with Crippen LogP contribution in [0, 0.1) is 0 Å². The molecular formula is C18H12ClN3O2S. The Balaban J connectivity index is 1.65. The molecule has 4 aromatic rings. The highest BCUT2D eigenvalue weighted by molar-refractivity contribution is 7.25. The van der Waals surface area contributed by atoms with Crippen molar-refractivity contribution in [2.24, 2.45) is 0 Å². The normalized spacial score (nSPS) is 11.1. The zero-order valence-electron chi connectivity index (χ0n) is 12.9. The highest BCUT2D eigenvalue weighted by Crippen LogP contribution is 2.29. The summed E-state index contributed by atoms with van der Waals surface area (Å²) in [5.74, 6) is -0.313. The maximum atomic E-state index is 12.7. The summed E-state index contributed by atoms with van der Waals surface area (Å²) < 4.78 is 2.87. The number of rotatable bonds is 3. The van der Waals surface area contributed by atoms with Crippen molar-refractivity contribution in [3.8, 4) is 0 Å². The number of hydrogen-bond acceptors (Lipinski definition) is 4. The lowest BCUT2D eigenvalue weighted by atomic mass is 10.2. The zero-order valence-corrected chi connectivity index (χ0v) is 14.5. The highest BCUT2D eigenvalue weighted by atomic mass is 35.5. The van der Waals surface area contributed by atoms with Gasteiger partial charge in [-0.05, 0) is 24.3 Å². The van der Waals surface area contributed by atoms with Crippen molar-refractivity contribution in [3.63, 3.8) is 0 Å². The average Bonchev–Trinajstić information content (AvgIpc) is 2.97. The highest BCUT2D eigenvalue weighted by Gasteiger charge is 2.13. The number of halogens is 1. The molecule has 0 aliphatic rings. The molecule has 2 aromatic carbocycles. The number of carbonyl (C=O) groups excluding carboxylic acids is 1. The molecule has 2 heterocycles. The van der Waals surface area contributed by atoms with E-state index in [9.17, 15) is 9.59 Å². The number of nitrogens with zero attached hydrogens (tertiary/aromatic N) is 2. The maximum absolute atomic E-state index is 12.7. The van der Waals surface area contributed by atoms with Crippen molar-refractivity contribution in [2.45, 2.75) is 6.54 Å². The minimum Gasteiger partial charge on any atom is -0.324 e. The summed E-state index contributed by atoms with van der Waals surface area (Å²) in [6.07, 6.45) is 1.42. The summed E-state index contributed by atoms with van der Waals surface area (Å²) in [7, 11) is 0. The molecule has 7 heteroatoms. The van der Waals surface area contributed by atoms with Gasteiger partial charge in [0.2, 0.25) is 5.91 Å². The molecule has 0 atom stereocenters. The van der Waals surface area contributed by atoms with Crippen LogP contribution in [0.2, 0.25) is 5.02 Å². The number of carbonyl (C=O) groups is 1. The van der Waals surface area contributed by atoms with Crippen molar-refractivity contribution < 1.29 is 4.79 Å². The fourth-order valence-electron chi connectivity index (χ4n) is 2.65. The molecule has 5 nitrogen and oxygen atoms in total. The Morgan fingerprint density at radius 3 is 2.88 bits per heavy atom. The van der Waals surface area contributed by atoms with Crippen molar-refractivity contribution in [3.05, 3.63) is 70.2 Å². The lowest BCUT2D eigenvalue weighted by Crippen LogP contribution is -2.27. The van der Waals surface area contributed by atoms with Gasteiger partial charge >= 0.3 is 0 Å². The summed E-state index contributed by atoms with van der Waals surface area (Å²) >= 11 is 7.29. The van der Waals surface area contributed by atoms with Gasteiger partial charge < -0.3 is 5.32 Å². The van der Waals surface area contributed by atoms with E-state index in [2.05, 4.69) is 10.3 Å². The molecule has 0 unspecified atom stereocenters. The zero-order chi connectivity index (χ0) is 17.4. The topological polar surface area (TPSA) is 64.0 Å². The largest absolute Gasteiger partial charge is 0.324 e. The van der Waals surface area contributed by atoms with Crippen molar-refractivity contribution in [2.75, 3.05) is 5.32 Å². The summed E-state index contributed by atoms with van der Waals surface area (Å²) in [6, 6.07) is 14.6. The third kappa shape index (κ3) is 3.01. The second-order valence-corrected chi connectivity index (χ2v) is 7.00. The maximum Gasteiger partial charge on any atom is 0.271 e. The van der Waals surface area contributed by atoms with E-state index < -0.39 is 0 Å². The first-order valence-corrected chi connectivity index (χ1v) is 8.73. The van der Waals surface area contributed by atoms with Crippen LogP contribution in [-0.2, 0) is 11.3 Å². The molecule has 0 saturated heterocycles. The Labute approximate surface area is 151 Å². The molecule has 0 fully saturated rings. The molecule has 0 aliphatic heterocycles. The van der Waals surface area contributed by atoms with E-state index in [-0.39, 0.29) is 18.0 Å². The first-order chi connectivity index (χ1) is 12.1. The lowest BCUT2D eigenvalue weighted by Gasteiger charge is -2.07. The smallest absolute Gasteiger partial charge is 0.271 e. The van der Waals surface area contributed by atoms with Crippen LogP contribution in [0.1, 0.15) is 0 Å². The van der Waals surface area contributed by atoms with Crippen molar-refractivity contribution in [1.82, 2.24) is 9.55 Å². The molecule has 2 aromatic heterocycles. The quantitative estimate of drug-likeness (QED) is 0.595. The number of thiophene rings is 1. The summed E-state index contributed by atoms with van der Waals surface area (Å²) in [5, 5.41) is 4.21. The van der Waals surface area contributed by atoms with Crippen LogP contribution in [0.3, 0.4) is 0 Å². The number of anilines is 1. The predicted molar refractivity (Wildman–Crippen MR) is 101 cm³/mol. The fourth-order valence-corrected chi connectivity index (χ4v) is 3.94. The van der Waals surface area contributed by atoms with Gasteiger partial charge in [0.25, 0.3) is 5.56 Å². The van der Waals surface area contributed by atoms with Gasteiger partial charge in [0.05, 0.1) is 11.8 Å². The molecule has 1 amide bonds. The van der Waals surface area contributed by atoms with Crippen LogP contribution in [-0.4, -0.2) is 15.5 Å². The third-order valence-corrected chi connectivity index (χ3v) is 5.16. The molecule has 1 N–H and O–H groups in total. The molecule has 25 heavy (non-hydrogen) atoms. The number of aromatic nitrogens is 2. The first kappa shape index (κ1) is 15.8. The number of fused-ring (bicyclic) bond motifs is 3. The van der Waals surface area contributed by atoms with E-state index >= 15 is 0 Å². The van der Waals surface area contributed by atoms with Gasteiger partial charge in [-0.25, -0.2) is 4.98 Å². The molecule has 0 bridgehead atoms. The second kappa shape index (κ2) is 6.31. The van der Waals surface area contributed by atoms with Gasteiger partial charge in [0.1, 0.15) is 11.2 Å². The van der Waals surface area contributed by atoms with Crippen molar-refractivity contribution in [1.29, 1.82) is 0 Å². The van der Waals surface area contributed by atoms with E-state index in [1.807, 2.05) is 24.3 Å². The van der Waals surface area contributed by atoms with E-state index in [0.717, 1.165) is 10.1 Å². The van der Waals surface area contributed by atoms with Gasteiger partial charge in [-0.2, -0.15) is 0 Å². The average molecular weight is 370 g/mol. The molecule has 0 saturated carbocycles. The SMILES string of the molecule is O=C(Cn1cnc2c(sc3ccccc32)c1=O)Nc1cccc(Cl)c1. The van der Waals surface area contributed by atoms with Crippen molar-refractivity contribution >= 4 is 54.8 Å². The van der Waals surface area contributed by atoms with Crippen LogP contribution >= 0.6 is 22.9 Å². The number of amides is 1. The van der Waals surface area contributed by atoms with Gasteiger partial charge in [0.15, 0.2) is 0 Å². The number of nitrogens with one attached hydrogen (secondary N) is 1.